The molecular weight excluding hydrogens is 288 g/mol. The third-order valence-corrected chi connectivity index (χ3v) is 3.72. The lowest BCUT2D eigenvalue weighted by Gasteiger charge is -2.08. The highest BCUT2D eigenvalue weighted by molar-refractivity contribution is 5.89. The Balaban J connectivity index is 2.10. The minimum Gasteiger partial charge on any atom is -0.856 e. The summed E-state index contributed by atoms with van der Waals surface area (Å²) in [4.78, 5) is 3.19. The first kappa shape index (κ1) is 15.0. The van der Waals surface area contributed by atoms with Crippen LogP contribution in [0.2, 0.25) is 0 Å². The van der Waals surface area contributed by atoms with Crippen LogP contribution in [0.15, 0.2) is 59.7 Å². The van der Waals surface area contributed by atoms with Crippen molar-refractivity contribution in [3.8, 4) is 5.69 Å². The number of hydrogen-bond acceptors (Lipinski definition) is 3. The Morgan fingerprint density at radius 2 is 1.65 bits per heavy atom. The second kappa shape index (κ2) is 6.04. The topological polar surface area (TPSA) is 57.1 Å². The molecule has 0 saturated heterocycles. The minimum atomic E-state index is -0.299. The van der Waals surface area contributed by atoms with Crippen LogP contribution >= 0.6 is 0 Å². The van der Waals surface area contributed by atoms with Crippen LogP contribution in [0.25, 0.3) is 5.69 Å². The molecule has 1 aromatic heterocycles. The van der Waals surface area contributed by atoms with Gasteiger partial charge in [-0.3, -0.25) is 0 Å². The summed E-state index contributed by atoms with van der Waals surface area (Å²) in [6, 6.07) is 16.9. The van der Waals surface area contributed by atoms with Crippen molar-refractivity contribution in [1.82, 2.24) is 9.90 Å². The van der Waals surface area contributed by atoms with E-state index in [-0.39, 0.29) is 5.90 Å². The Bertz CT molecular complexity index is 849. The van der Waals surface area contributed by atoms with Gasteiger partial charge in [-0.2, -0.15) is 0 Å². The van der Waals surface area contributed by atoms with Crippen molar-refractivity contribution in [3.05, 3.63) is 77.1 Å². The first-order chi connectivity index (χ1) is 11.1. The van der Waals surface area contributed by atoms with E-state index in [2.05, 4.69) is 10.2 Å². The Kier molecular flexibility index (Phi) is 3.93. The zero-order chi connectivity index (χ0) is 16.4. The number of benzene rings is 2. The van der Waals surface area contributed by atoms with Gasteiger partial charge in [0.15, 0.2) is 0 Å². The molecule has 0 aliphatic rings. The molecule has 0 N–H and O–H groups in total. The quantitative estimate of drug-likeness (QED) is 0.420. The maximum Gasteiger partial charge on any atom is 0.222 e. The van der Waals surface area contributed by atoms with Gasteiger partial charge < -0.3 is 5.11 Å². The molecule has 3 aromatic rings. The van der Waals surface area contributed by atoms with Crippen LogP contribution in [0.3, 0.4) is 0 Å². The van der Waals surface area contributed by atoms with Crippen LogP contribution in [0.1, 0.15) is 22.5 Å². The van der Waals surface area contributed by atoms with Gasteiger partial charge >= 0.3 is 0 Å². The van der Waals surface area contributed by atoms with Crippen LogP contribution in [-0.2, 0) is 0 Å². The lowest BCUT2D eigenvalue weighted by atomic mass is 10.2. The number of aryl methyl sites for hydroxylation is 2. The largest absolute Gasteiger partial charge is 0.856 e. The average Bonchev–Trinajstić information content (AvgIpc) is 2.85. The van der Waals surface area contributed by atoms with Gasteiger partial charge in [0.05, 0.1) is 5.10 Å². The van der Waals surface area contributed by atoms with Crippen LogP contribution < -0.4 is 9.90 Å². The molecule has 0 unspecified atom stereocenters. The van der Waals surface area contributed by atoms with Gasteiger partial charge in [0.1, 0.15) is 5.69 Å². The van der Waals surface area contributed by atoms with Gasteiger partial charge in [-0.15, -0.1) is 0 Å². The third kappa shape index (κ3) is 2.99. The average molecular weight is 306 g/mol. The smallest absolute Gasteiger partial charge is 0.222 e. The molecule has 0 aliphatic heterocycles. The summed E-state index contributed by atoms with van der Waals surface area (Å²) >= 11 is 0. The molecule has 0 fully saturated rings. The number of aromatic nitrogens is 3. The number of nitrogens with zero attached hydrogens (tertiary/aromatic N) is 4. The highest BCUT2D eigenvalue weighted by atomic mass is 16.3. The van der Waals surface area contributed by atoms with Crippen molar-refractivity contribution in [3.63, 3.8) is 0 Å². The highest BCUT2D eigenvalue weighted by Gasteiger charge is 2.21. The maximum absolute atomic E-state index is 12.4. The Morgan fingerprint density at radius 1 is 1.00 bits per heavy atom. The molecule has 0 radical (unpaired) electrons. The van der Waals surface area contributed by atoms with Gasteiger partial charge in [-0.05, 0) is 29.4 Å². The van der Waals surface area contributed by atoms with E-state index in [0.29, 0.717) is 5.56 Å². The molecule has 116 valence electrons. The molecule has 0 spiro atoms. The summed E-state index contributed by atoms with van der Waals surface area (Å²) in [6.07, 6.45) is 0. The molecule has 0 atom stereocenters. The standard InChI is InChI=1S/C18H18N4O/c1-13-9-11-17(12-10-13)22-19-14(2)15(3)21(22)20-18(23)16-7-5-4-6-8-16/h4-12H,1-3H3. The Labute approximate surface area is 135 Å². The first-order valence-electron chi connectivity index (χ1n) is 7.43. The van der Waals surface area contributed by atoms with E-state index in [1.807, 2.05) is 63.2 Å². The van der Waals surface area contributed by atoms with Crippen molar-refractivity contribution < 1.29 is 9.90 Å². The summed E-state index contributed by atoms with van der Waals surface area (Å²) < 4.78 is 0. The molecular formula is C18H18N4O. The molecule has 0 bridgehead atoms. The lowest BCUT2D eigenvalue weighted by Crippen LogP contribution is -2.43. The summed E-state index contributed by atoms with van der Waals surface area (Å²) in [7, 11) is 0. The zero-order valence-electron chi connectivity index (χ0n) is 13.4. The Hall–Kier alpha value is -2.95. The zero-order valence-corrected chi connectivity index (χ0v) is 13.4. The summed E-state index contributed by atoms with van der Waals surface area (Å²) in [5, 5.41) is 21.1. The lowest BCUT2D eigenvalue weighted by molar-refractivity contribution is -0.762. The minimum absolute atomic E-state index is 0.299. The van der Waals surface area contributed by atoms with Gasteiger partial charge in [-0.1, -0.05) is 53.1 Å². The van der Waals surface area contributed by atoms with Crippen molar-refractivity contribution in [2.75, 3.05) is 0 Å². The van der Waals surface area contributed by atoms with E-state index >= 15 is 0 Å². The molecule has 0 saturated carbocycles. The van der Waals surface area contributed by atoms with Gasteiger partial charge in [0, 0.05) is 24.5 Å². The van der Waals surface area contributed by atoms with Crippen LogP contribution in [0.5, 0.6) is 0 Å². The molecule has 0 aliphatic carbocycles. The molecule has 5 nitrogen and oxygen atoms in total. The van der Waals surface area contributed by atoms with Gasteiger partial charge in [-0.25, -0.2) is 0 Å². The summed E-state index contributed by atoms with van der Waals surface area (Å²) in [5.74, 6) is -0.299. The van der Waals surface area contributed by atoms with E-state index in [1.165, 1.54) is 5.56 Å². The SMILES string of the molecule is Cc1ccc(-n2nc(C)c(C)[n+]2/N=C(\[O-])c2ccccc2)cc1. The summed E-state index contributed by atoms with van der Waals surface area (Å²) in [5.41, 5.74) is 4.23. The summed E-state index contributed by atoms with van der Waals surface area (Å²) in [6.45, 7) is 5.83. The van der Waals surface area contributed by atoms with Crippen molar-refractivity contribution in [2.24, 2.45) is 5.10 Å². The van der Waals surface area contributed by atoms with E-state index in [1.54, 1.807) is 21.7 Å². The normalized spacial score (nSPS) is 11.7. The second-order valence-electron chi connectivity index (χ2n) is 5.46. The fraction of sp³-hybridized carbons (Fsp3) is 0.167. The molecule has 2 aromatic carbocycles. The third-order valence-electron chi connectivity index (χ3n) is 3.72. The molecule has 3 rings (SSSR count). The molecule has 1 heterocycles. The van der Waals surface area contributed by atoms with E-state index in [0.717, 1.165) is 17.1 Å². The van der Waals surface area contributed by atoms with E-state index in [4.69, 9.17) is 0 Å². The fourth-order valence-electron chi connectivity index (χ4n) is 2.23. The van der Waals surface area contributed by atoms with Gasteiger partial charge in [0.25, 0.3) is 0 Å². The van der Waals surface area contributed by atoms with Crippen LogP contribution in [-0.4, -0.2) is 15.8 Å². The number of hydrogen-bond donors (Lipinski definition) is 0. The highest BCUT2D eigenvalue weighted by Crippen LogP contribution is 2.08. The maximum atomic E-state index is 12.4. The van der Waals surface area contributed by atoms with E-state index in [9.17, 15) is 5.11 Å². The Morgan fingerprint density at radius 3 is 2.30 bits per heavy atom. The van der Waals surface area contributed by atoms with Crippen molar-refractivity contribution >= 4 is 5.90 Å². The predicted octanol–water partition coefficient (Wildman–Crippen LogP) is 1.66. The predicted molar refractivity (Wildman–Crippen MR) is 86.3 cm³/mol. The monoisotopic (exact) mass is 306 g/mol. The fourth-order valence-corrected chi connectivity index (χ4v) is 2.23. The molecule has 5 heteroatoms. The van der Waals surface area contributed by atoms with Crippen molar-refractivity contribution in [1.29, 1.82) is 0 Å². The first-order valence-corrected chi connectivity index (χ1v) is 7.43. The molecule has 23 heavy (non-hydrogen) atoms. The van der Waals surface area contributed by atoms with Crippen molar-refractivity contribution in [2.45, 2.75) is 20.8 Å². The molecule has 0 amide bonds. The van der Waals surface area contributed by atoms with E-state index < -0.39 is 0 Å². The van der Waals surface area contributed by atoms with Crippen LogP contribution in [0.4, 0.5) is 0 Å². The van der Waals surface area contributed by atoms with Crippen LogP contribution in [0, 0.1) is 20.8 Å². The number of rotatable bonds is 3. The second-order valence-corrected chi connectivity index (χ2v) is 5.46. The van der Waals surface area contributed by atoms with Gasteiger partial charge in [0.2, 0.25) is 11.4 Å².